The molecule has 0 spiro atoms. The largest absolute Gasteiger partial charge is 0.493 e. The highest BCUT2D eigenvalue weighted by atomic mass is 16.5. The van der Waals surface area contributed by atoms with E-state index in [1.54, 1.807) is 51.9 Å². The van der Waals surface area contributed by atoms with E-state index in [-0.39, 0.29) is 5.78 Å². The molecule has 0 bridgehead atoms. The minimum atomic E-state index is -0.0342. The molecule has 0 saturated carbocycles. The zero-order valence-corrected chi connectivity index (χ0v) is 20.9. The first-order chi connectivity index (χ1) is 18.0. The fourth-order valence-electron chi connectivity index (χ4n) is 4.06. The zero-order chi connectivity index (χ0) is 25.9. The number of fused-ring (bicyclic) bond motifs is 1. The van der Waals surface area contributed by atoms with Crippen LogP contribution >= 0.6 is 0 Å². The lowest BCUT2D eigenvalue weighted by Crippen LogP contribution is -2.03. The molecule has 3 aromatic carbocycles. The summed E-state index contributed by atoms with van der Waals surface area (Å²) in [4.78, 5) is 26.3. The summed E-state index contributed by atoms with van der Waals surface area (Å²) in [6, 6.07) is 20.7. The van der Waals surface area contributed by atoms with E-state index in [4.69, 9.17) is 24.2 Å². The van der Waals surface area contributed by atoms with Gasteiger partial charge in [-0.3, -0.25) is 9.36 Å². The number of anilines is 2. The van der Waals surface area contributed by atoms with E-state index in [1.165, 1.54) is 6.92 Å². The molecule has 186 valence electrons. The van der Waals surface area contributed by atoms with Crippen LogP contribution in [0.2, 0.25) is 0 Å². The van der Waals surface area contributed by atoms with Crippen molar-refractivity contribution in [2.24, 2.45) is 0 Å². The van der Waals surface area contributed by atoms with Crippen LogP contribution in [0.5, 0.6) is 17.2 Å². The lowest BCUT2D eigenvalue weighted by molar-refractivity contribution is 0.101. The molecule has 0 unspecified atom stereocenters. The number of methoxy groups -OCH3 is 3. The second-order valence-corrected chi connectivity index (χ2v) is 8.19. The molecule has 0 radical (unpaired) electrons. The van der Waals surface area contributed by atoms with Gasteiger partial charge in [0.15, 0.2) is 40.1 Å². The number of rotatable bonds is 8. The number of ketones is 1. The fraction of sp³-hybridized carbons (Fsp3) is 0.143. The van der Waals surface area contributed by atoms with Gasteiger partial charge >= 0.3 is 0 Å². The van der Waals surface area contributed by atoms with Crippen molar-refractivity contribution in [3.8, 4) is 34.3 Å². The Balaban J connectivity index is 1.70. The van der Waals surface area contributed by atoms with E-state index < -0.39 is 0 Å². The molecule has 2 aromatic heterocycles. The third-order valence-corrected chi connectivity index (χ3v) is 5.89. The Bertz CT molecular complexity index is 1570. The quantitative estimate of drug-likeness (QED) is 0.284. The van der Waals surface area contributed by atoms with E-state index in [9.17, 15) is 4.79 Å². The maximum atomic E-state index is 12.0. The SMILES string of the molecule is COc1cc(Nc2nc(-c3cccc(C(C)=O)c3)nc3c2ncn3-c2ccccc2)cc(OC)c1OC. The van der Waals surface area contributed by atoms with Crippen molar-refractivity contribution >= 4 is 28.5 Å². The number of hydrogen-bond donors (Lipinski definition) is 1. The fourth-order valence-corrected chi connectivity index (χ4v) is 4.06. The molecule has 5 rings (SSSR count). The highest BCUT2D eigenvalue weighted by molar-refractivity contribution is 5.95. The minimum absolute atomic E-state index is 0.0342. The summed E-state index contributed by atoms with van der Waals surface area (Å²) in [6.45, 7) is 1.53. The highest BCUT2D eigenvalue weighted by Gasteiger charge is 2.19. The first-order valence-electron chi connectivity index (χ1n) is 11.5. The number of carbonyl (C=O) groups is 1. The van der Waals surface area contributed by atoms with Gasteiger partial charge in [0.1, 0.15) is 6.33 Å². The maximum Gasteiger partial charge on any atom is 0.203 e. The molecule has 5 aromatic rings. The molecule has 0 aliphatic heterocycles. The Hall–Kier alpha value is -4.92. The average molecular weight is 496 g/mol. The van der Waals surface area contributed by atoms with Crippen LogP contribution in [0.1, 0.15) is 17.3 Å². The molecule has 0 saturated heterocycles. The van der Waals surface area contributed by atoms with Crippen molar-refractivity contribution in [1.82, 2.24) is 19.5 Å². The van der Waals surface area contributed by atoms with E-state index >= 15 is 0 Å². The van der Waals surface area contributed by atoms with Crippen molar-refractivity contribution in [2.45, 2.75) is 6.92 Å². The van der Waals surface area contributed by atoms with E-state index in [1.807, 2.05) is 47.0 Å². The van der Waals surface area contributed by atoms with Crippen LogP contribution < -0.4 is 19.5 Å². The van der Waals surface area contributed by atoms with Gasteiger partial charge in [-0.25, -0.2) is 15.0 Å². The Kier molecular flexibility index (Phi) is 6.42. The molecule has 0 amide bonds. The van der Waals surface area contributed by atoms with Gasteiger partial charge in [-0.2, -0.15) is 0 Å². The van der Waals surface area contributed by atoms with Crippen molar-refractivity contribution in [3.05, 3.63) is 78.6 Å². The maximum absolute atomic E-state index is 12.0. The molecule has 0 aliphatic carbocycles. The summed E-state index contributed by atoms with van der Waals surface area (Å²) in [6.07, 6.45) is 1.71. The third-order valence-electron chi connectivity index (χ3n) is 5.89. The summed E-state index contributed by atoms with van der Waals surface area (Å²) in [5.41, 5.74) is 4.04. The van der Waals surface area contributed by atoms with Gasteiger partial charge in [0, 0.05) is 34.6 Å². The van der Waals surface area contributed by atoms with E-state index in [0.717, 1.165) is 5.69 Å². The molecule has 37 heavy (non-hydrogen) atoms. The summed E-state index contributed by atoms with van der Waals surface area (Å²) >= 11 is 0. The molecular formula is C28H25N5O4. The van der Waals surface area contributed by atoms with Gasteiger partial charge in [-0.05, 0) is 25.1 Å². The Labute approximate surface area is 213 Å². The number of ether oxygens (including phenoxy) is 3. The first kappa shape index (κ1) is 23.8. The number of nitrogens with one attached hydrogen (secondary N) is 1. The number of hydrogen-bond acceptors (Lipinski definition) is 8. The smallest absolute Gasteiger partial charge is 0.203 e. The number of nitrogens with zero attached hydrogens (tertiary/aromatic N) is 4. The Morgan fingerprint density at radius 1 is 0.865 bits per heavy atom. The lowest BCUT2D eigenvalue weighted by Gasteiger charge is -2.15. The summed E-state index contributed by atoms with van der Waals surface area (Å²) < 4.78 is 18.4. The standard InChI is InChI=1S/C28H25N5O4/c1-17(34)18-9-8-10-19(13-18)26-31-27(30-20-14-22(35-2)25(37-4)23(15-20)36-3)24-28(32-26)33(16-29-24)21-11-6-5-7-12-21/h5-16H,1-4H3,(H,30,31,32). The lowest BCUT2D eigenvalue weighted by atomic mass is 10.1. The topological polar surface area (TPSA) is 100 Å². The summed E-state index contributed by atoms with van der Waals surface area (Å²) in [5, 5.41) is 3.35. The molecule has 2 heterocycles. The van der Waals surface area contributed by atoms with Crippen LogP contribution in [0, 0.1) is 0 Å². The van der Waals surface area contributed by atoms with Crippen LogP contribution in [-0.4, -0.2) is 46.6 Å². The van der Waals surface area contributed by atoms with Gasteiger partial charge in [0.2, 0.25) is 5.75 Å². The average Bonchev–Trinajstić information content (AvgIpc) is 3.37. The normalized spacial score (nSPS) is 10.8. The molecule has 0 fully saturated rings. The number of carbonyl (C=O) groups excluding carboxylic acids is 1. The van der Waals surface area contributed by atoms with Crippen LogP contribution in [-0.2, 0) is 0 Å². The molecular weight excluding hydrogens is 470 g/mol. The molecule has 9 nitrogen and oxygen atoms in total. The van der Waals surface area contributed by atoms with Crippen molar-refractivity contribution in [1.29, 1.82) is 0 Å². The van der Waals surface area contributed by atoms with Crippen LogP contribution in [0.4, 0.5) is 11.5 Å². The Morgan fingerprint density at radius 3 is 2.24 bits per heavy atom. The van der Waals surface area contributed by atoms with Crippen LogP contribution in [0.25, 0.3) is 28.2 Å². The minimum Gasteiger partial charge on any atom is -0.493 e. The van der Waals surface area contributed by atoms with Crippen molar-refractivity contribution in [2.75, 3.05) is 26.6 Å². The summed E-state index contributed by atoms with van der Waals surface area (Å²) in [7, 11) is 4.68. The van der Waals surface area contributed by atoms with Gasteiger partial charge in [-0.1, -0.05) is 36.4 Å². The van der Waals surface area contributed by atoms with Crippen LogP contribution in [0.15, 0.2) is 73.1 Å². The molecule has 1 N–H and O–H groups in total. The van der Waals surface area contributed by atoms with Gasteiger partial charge in [0.05, 0.1) is 21.3 Å². The number of benzene rings is 3. The monoisotopic (exact) mass is 495 g/mol. The Morgan fingerprint density at radius 2 is 1.59 bits per heavy atom. The second-order valence-electron chi connectivity index (χ2n) is 8.19. The first-order valence-corrected chi connectivity index (χ1v) is 11.5. The van der Waals surface area contributed by atoms with E-state index in [0.29, 0.717) is 56.9 Å². The second kappa shape index (κ2) is 9.98. The number of imidazole rings is 1. The van der Waals surface area contributed by atoms with Gasteiger partial charge < -0.3 is 19.5 Å². The third kappa shape index (κ3) is 4.54. The van der Waals surface area contributed by atoms with Crippen molar-refractivity contribution < 1.29 is 19.0 Å². The number of aromatic nitrogens is 4. The predicted molar refractivity (Wildman–Crippen MR) is 141 cm³/mol. The summed E-state index contributed by atoms with van der Waals surface area (Å²) in [5.74, 6) is 2.38. The number of para-hydroxylation sites is 1. The van der Waals surface area contributed by atoms with E-state index in [2.05, 4.69) is 10.3 Å². The van der Waals surface area contributed by atoms with Gasteiger partial charge in [0.25, 0.3) is 0 Å². The highest BCUT2D eigenvalue weighted by Crippen LogP contribution is 2.41. The molecule has 0 atom stereocenters. The van der Waals surface area contributed by atoms with Crippen LogP contribution in [0.3, 0.4) is 0 Å². The molecule has 9 heteroatoms. The van der Waals surface area contributed by atoms with Gasteiger partial charge in [-0.15, -0.1) is 0 Å². The zero-order valence-electron chi connectivity index (χ0n) is 20.9. The molecule has 0 aliphatic rings. The van der Waals surface area contributed by atoms with Crippen molar-refractivity contribution in [3.63, 3.8) is 0 Å². The number of Topliss-reactive ketones (excluding diaryl/α,β-unsaturated/α-hetero) is 1. The predicted octanol–water partition coefficient (Wildman–Crippen LogP) is 5.45.